The molecule has 1 atom stereocenters. The number of aromatic amines is 1. The molecule has 6 heteroatoms. The predicted octanol–water partition coefficient (Wildman–Crippen LogP) is 0.407. The molecule has 0 unspecified atom stereocenters. The maximum atomic E-state index is 12.0. The molecule has 1 aliphatic heterocycles. The number of rotatable bonds is 2. The van der Waals surface area contributed by atoms with E-state index in [1.807, 2.05) is 0 Å². The molecule has 16 heavy (non-hydrogen) atoms. The van der Waals surface area contributed by atoms with Crippen LogP contribution < -0.4 is 0 Å². The van der Waals surface area contributed by atoms with Gasteiger partial charge in [-0.15, -0.1) is 0 Å². The van der Waals surface area contributed by atoms with Crippen LogP contribution in [0.1, 0.15) is 29.0 Å². The number of hydrogen-bond donors (Lipinski definition) is 2. The van der Waals surface area contributed by atoms with Crippen molar-refractivity contribution in [3.05, 3.63) is 17.5 Å². The molecule has 2 N–H and O–H groups in total. The van der Waals surface area contributed by atoms with E-state index in [-0.39, 0.29) is 11.6 Å². The number of likely N-dealkylation sites (tertiary alicyclic amines) is 1. The first-order valence-electron chi connectivity index (χ1n) is 5.15. The number of aliphatic carboxylic acids is 1. The highest BCUT2D eigenvalue weighted by Gasteiger charge is 2.35. The number of H-pyrrole nitrogens is 1. The Kier molecular flexibility index (Phi) is 2.64. The zero-order valence-electron chi connectivity index (χ0n) is 8.93. The van der Waals surface area contributed by atoms with Gasteiger partial charge >= 0.3 is 5.97 Å². The highest BCUT2D eigenvalue weighted by Crippen LogP contribution is 2.19. The number of nitrogens with zero attached hydrogens (tertiary/aromatic N) is 2. The lowest BCUT2D eigenvalue weighted by atomic mass is 10.2. The van der Waals surface area contributed by atoms with Crippen molar-refractivity contribution in [3.8, 4) is 0 Å². The van der Waals surface area contributed by atoms with Gasteiger partial charge in [-0.1, -0.05) is 0 Å². The molecule has 0 aromatic carbocycles. The van der Waals surface area contributed by atoms with Crippen molar-refractivity contribution in [1.29, 1.82) is 0 Å². The first kappa shape index (κ1) is 10.7. The van der Waals surface area contributed by atoms with E-state index in [1.165, 1.54) is 4.90 Å². The van der Waals surface area contributed by atoms with E-state index in [2.05, 4.69) is 10.2 Å². The Morgan fingerprint density at radius 2 is 2.38 bits per heavy atom. The minimum atomic E-state index is -0.946. The van der Waals surface area contributed by atoms with Gasteiger partial charge in [0.1, 0.15) is 11.7 Å². The van der Waals surface area contributed by atoms with E-state index in [0.717, 1.165) is 12.1 Å². The second-order valence-electron chi connectivity index (χ2n) is 3.93. The topological polar surface area (TPSA) is 86.3 Å². The number of amides is 1. The van der Waals surface area contributed by atoms with Gasteiger partial charge < -0.3 is 10.0 Å². The molecule has 1 aromatic rings. The lowest BCUT2D eigenvalue weighted by Gasteiger charge is -2.19. The zero-order valence-corrected chi connectivity index (χ0v) is 8.93. The van der Waals surface area contributed by atoms with E-state index in [9.17, 15) is 9.59 Å². The monoisotopic (exact) mass is 223 g/mol. The van der Waals surface area contributed by atoms with Crippen LogP contribution in [0.25, 0.3) is 0 Å². The van der Waals surface area contributed by atoms with Gasteiger partial charge in [-0.25, -0.2) is 4.79 Å². The van der Waals surface area contributed by atoms with Gasteiger partial charge in [0.05, 0.1) is 0 Å². The summed E-state index contributed by atoms with van der Waals surface area (Å²) in [5.74, 6) is -1.26. The van der Waals surface area contributed by atoms with Crippen molar-refractivity contribution in [2.45, 2.75) is 25.8 Å². The molecule has 0 saturated carbocycles. The average molecular weight is 223 g/mol. The van der Waals surface area contributed by atoms with Crippen molar-refractivity contribution < 1.29 is 14.7 Å². The predicted molar refractivity (Wildman–Crippen MR) is 55.0 cm³/mol. The summed E-state index contributed by atoms with van der Waals surface area (Å²) < 4.78 is 0. The molecule has 6 nitrogen and oxygen atoms in total. The maximum Gasteiger partial charge on any atom is 0.326 e. The summed E-state index contributed by atoms with van der Waals surface area (Å²) in [4.78, 5) is 24.3. The Hall–Kier alpha value is -1.85. The smallest absolute Gasteiger partial charge is 0.326 e. The van der Waals surface area contributed by atoms with Crippen molar-refractivity contribution in [2.75, 3.05) is 6.54 Å². The van der Waals surface area contributed by atoms with Gasteiger partial charge in [-0.2, -0.15) is 5.10 Å². The summed E-state index contributed by atoms with van der Waals surface area (Å²) in [7, 11) is 0. The fourth-order valence-corrected chi connectivity index (χ4v) is 1.94. The Morgan fingerprint density at radius 3 is 2.94 bits per heavy atom. The third kappa shape index (κ3) is 1.78. The minimum Gasteiger partial charge on any atom is -0.480 e. The SMILES string of the molecule is Cc1cc(C(=O)N2CCC[C@@H]2C(=O)O)n[nH]1. The molecule has 0 radical (unpaired) electrons. The number of nitrogens with one attached hydrogen (secondary N) is 1. The number of hydrogen-bond acceptors (Lipinski definition) is 3. The average Bonchev–Trinajstić information content (AvgIpc) is 2.84. The largest absolute Gasteiger partial charge is 0.480 e. The normalized spacial score (nSPS) is 20.1. The first-order chi connectivity index (χ1) is 7.59. The van der Waals surface area contributed by atoms with Crippen molar-refractivity contribution in [2.24, 2.45) is 0 Å². The summed E-state index contributed by atoms with van der Waals surface area (Å²) in [6.45, 7) is 2.28. The van der Waals surface area contributed by atoms with Crippen LogP contribution in [-0.2, 0) is 4.79 Å². The lowest BCUT2D eigenvalue weighted by molar-refractivity contribution is -0.141. The number of carboxylic acid groups (broad SMARTS) is 1. The molecule has 0 bridgehead atoms. The zero-order chi connectivity index (χ0) is 11.7. The summed E-state index contributed by atoms with van der Waals surface area (Å²) in [6, 6.07) is 0.920. The van der Waals surface area contributed by atoms with E-state index in [1.54, 1.807) is 13.0 Å². The van der Waals surface area contributed by atoms with Gasteiger partial charge in [0.25, 0.3) is 5.91 Å². The molecule has 2 rings (SSSR count). The van der Waals surface area contributed by atoms with Crippen LogP contribution in [0, 0.1) is 6.92 Å². The minimum absolute atomic E-state index is 0.283. The van der Waals surface area contributed by atoms with Crippen LogP contribution in [-0.4, -0.2) is 44.7 Å². The molecule has 1 fully saturated rings. The van der Waals surface area contributed by atoms with Crippen LogP contribution >= 0.6 is 0 Å². The molecule has 1 aromatic heterocycles. The second-order valence-corrected chi connectivity index (χ2v) is 3.93. The highest BCUT2D eigenvalue weighted by molar-refractivity contribution is 5.95. The highest BCUT2D eigenvalue weighted by atomic mass is 16.4. The summed E-state index contributed by atoms with van der Waals surface area (Å²) in [6.07, 6.45) is 1.25. The van der Waals surface area contributed by atoms with Gasteiger partial charge in [0.15, 0.2) is 0 Å². The van der Waals surface area contributed by atoms with E-state index >= 15 is 0 Å². The Morgan fingerprint density at radius 1 is 1.62 bits per heavy atom. The van der Waals surface area contributed by atoms with E-state index in [4.69, 9.17) is 5.11 Å². The standard InChI is InChI=1S/C10H13N3O3/c1-6-5-7(12-11-6)9(14)13-4-2-3-8(13)10(15)16/h5,8H,2-4H2,1H3,(H,11,12)(H,15,16)/t8-/m1/s1. The fourth-order valence-electron chi connectivity index (χ4n) is 1.94. The van der Waals surface area contributed by atoms with Crippen molar-refractivity contribution in [1.82, 2.24) is 15.1 Å². The first-order valence-corrected chi connectivity index (χ1v) is 5.15. The third-order valence-electron chi connectivity index (χ3n) is 2.72. The molecule has 1 aliphatic rings. The third-order valence-corrected chi connectivity index (χ3v) is 2.72. The Bertz CT molecular complexity index is 427. The molecule has 2 heterocycles. The molecular formula is C10H13N3O3. The van der Waals surface area contributed by atoms with Crippen LogP contribution in [0.4, 0.5) is 0 Å². The maximum absolute atomic E-state index is 12.0. The number of aryl methyl sites for hydroxylation is 1. The Labute approximate surface area is 92.3 Å². The molecule has 0 aliphatic carbocycles. The van der Waals surface area contributed by atoms with E-state index < -0.39 is 12.0 Å². The van der Waals surface area contributed by atoms with Crippen molar-refractivity contribution >= 4 is 11.9 Å². The molecular weight excluding hydrogens is 210 g/mol. The van der Waals surface area contributed by atoms with Gasteiger partial charge in [-0.3, -0.25) is 9.89 Å². The van der Waals surface area contributed by atoms with Crippen LogP contribution in [0.15, 0.2) is 6.07 Å². The molecule has 1 amide bonds. The van der Waals surface area contributed by atoms with Gasteiger partial charge in [0, 0.05) is 12.2 Å². The van der Waals surface area contributed by atoms with Gasteiger partial charge in [0.2, 0.25) is 0 Å². The molecule has 1 saturated heterocycles. The van der Waals surface area contributed by atoms with Gasteiger partial charge in [-0.05, 0) is 25.8 Å². The van der Waals surface area contributed by atoms with Crippen molar-refractivity contribution in [3.63, 3.8) is 0 Å². The van der Waals surface area contributed by atoms with Crippen LogP contribution in [0.2, 0.25) is 0 Å². The Balaban J connectivity index is 2.18. The summed E-state index contributed by atoms with van der Waals surface area (Å²) in [5.41, 5.74) is 1.07. The van der Waals surface area contributed by atoms with Crippen LogP contribution in [0.5, 0.6) is 0 Å². The number of aromatic nitrogens is 2. The number of carbonyl (C=O) groups is 2. The number of carboxylic acids is 1. The summed E-state index contributed by atoms with van der Waals surface area (Å²) >= 11 is 0. The molecule has 0 spiro atoms. The van der Waals surface area contributed by atoms with E-state index in [0.29, 0.717) is 13.0 Å². The number of carbonyl (C=O) groups excluding carboxylic acids is 1. The molecule has 86 valence electrons. The summed E-state index contributed by atoms with van der Waals surface area (Å²) in [5, 5.41) is 15.5. The quantitative estimate of drug-likeness (QED) is 0.760. The van der Waals surface area contributed by atoms with Crippen LogP contribution in [0.3, 0.4) is 0 Å². The second kappa shape index (κ2) is 3.96. The fraction of sp³-hybridized carbons (Fsp3) is 0.500. The lowest BCUT2D eigenvalue weighted by Crippen LogP contribution is -2.40.